The third-order valence-corrected chi connectivity index (χ3v) is 57.6. The maximum absolute atomic E-state index is 12.2. The molecule has 10 heterocycles. The van der Waals surface area contributed by atoms with Crippen LogP contribution in [0.15, 0.2) is 0 Å². The van der Waals surface area contributed by atoms with Crippen molar-refractivity contribution in [1.82, 2.24) is 0 Å². The Kier molecular flexibility index (Phi) is 0.228. The number of carbonyl (C=O) groups excluding carboxylic acids is 1. The molecule has 0 amide bonds. The Morgan fingerprint density at radius 1 is 1.06 bits per heavy atom. The SMILES string of the molecule is CC(=O)[C]12[CH]3[CH]4[CH]5[CH]1[Fe]45321678[CH]2[CH]1[CH]6[CH]7[CH]28.CCO. The molecule has 4 atom stereocenters. The van der Waals surface area contributed by atoms with Crippen molar-refractivity contribution in [3.63, 3.8) is 0 Å². The van der Waals surface area contributed by atoms with E-state index in [1.807, 2.05) is 6.92 Å². The van der Waals surface area contributed by atoms with Gasteiger partial charge in [-0.1, -0.05) is 0 Å². The van der Waals surface area contributed by atoms with Crippen LogP contribution in [0, 0.1) is 0 Å². The van der Waals surface area contributed by atoms with E-state index >= 15 is 0 Å². The third kappa shape index (κ3) is 0.0673. The van der Waals surface area contributed by atoms with Crippen LogP contribution >= 0.6 is 0 Å². The average molecular weight is 274 g/mol. The topological polar surface area (TPSA) is 37.3 Å². The minimum atomic E-state index is -2.94. The number of aliphatic hydroxyl groups is 1. The Balaban J connectivity index is 0.000000195. The zero-order valence-electron chi connectivity index (χ0n) is 10.1. The van der Waals surface area contributed by atoms with Crippen LogP contribution in [0.25, 0.3) is 0 Å². The van der Waals surface area contributed by atoms with Crippen LogP contribution in [-0.4, -0.2) is 17.5 Å². The van der Waals surface area contributed by atoms with E-state index in [9.17, 15) is 4.79 Å². The largest absolute Gasteiger partial charge is 0.397 e. The van der Waals surface area contributed by atoms with Gasteiger partial charge in [-0.05, 0) is 6.92 Å². The molecule has 10 rings (SSSR count). The smallest absolute Gasteiger partial charge is 0.0402 e. The van der Waals surface area contributed by atoms with Crippen LogP contribution in [0.5, 0.6) is 0 Å². The van der Waals surface area contributed by atoms with E-state index in [0.29, 0.717) is 4.31 Å². The second-order valence-electron chi connectivity index (χ2n) is 10.6. The van der Waals surface area contributed by atoms with Crippen LogP contribution in [0.2, 0.25) is 47.7 Å². The molecule has 0 aromatic carbocycles. The van der Waals surface area contributed by atoms with Crippen molar-refractivity contribution < 1.29 is 16.4 Å². The summed E-state index contributed by atoms with van der Waals surface area (Å²) < 4.78 is 0.555. The van der Waals surface area contributed by atoms with E-state index < -0.39 is 6.51 Å². The molecule has 1 N–H and O–H groups in total. The molecule has 10 aliphatic rings. The van der Waals surface area contributed by atoms with Crippen molar-refractivity contribution in [3.8, 4) is 0 Å². The molecule has 0 bridgehead atoms. The van der Waals surface area contributed by atoms with Crippen molar-refractivity contribution in [2.24, 2.45) is 0 Å². The number of hydrogen-bond acceptors (Lipinski definition) is 2. The molecule has 10 fully saturated rings. The monoisotopic (exact) mass is 274 g/mol. The van der Waals surface area contributed by atoms with E-state index in [0.717, 1.165) is 5.78 Å². The Hall–Kier alpha value is 0.149. The Labute approximate surface area is 90.4 Å². The van der Waals surface area contributed by atoms with Gasteiger partial charge in [0.15, 0.2) is 0 Å². The summed E-state index contributed by atoms with van der Waals surface area (Å²) in [6.07, 6.45) is 0. The normalized spacial score (nSPS) is 118. The molecule has 10 saturated heterocycles. The number of carbonyl (C=O) groups is 1. The number of hydrogen-bond donors (Lipinski definition) is 1. The van der Waals surface area contributed by atoms with Gasteiger partial charge in [0, 0.05) is 6.61 Å². The second-order valence-corrected chi connectivity index (χ2v) is 34.1. The summed E-state index contributed by atoms with van der Waals surface area (Å²) in [5.74, 6) is 0.726. The fraction of sp³-hybridized carbons (Fsp3) is 0.929. The first kappa shape index (κ1) is 7.07. The van der Waals surface area contributed by atoms with Crippen LogP contribution in [0.3, 0.4) is 0 Å². The van der Waals surface area contributed by atoms with E-state index in [-0.39, 0.29) is 6.61 Å². The van der Waals surface area contributed by atoms with Crippen LogP contribution < -0.4 is 0 Å². The first-order valence-corrected chi connectivity index (χ1v) is 13.5. The number of aliphatic hydroxyl groups excluding tert-OH is 1. The molecule has 3 heteroatoms. The van der Waals surface area contributed by atoms with Crippen molar-refractivity contribution >= 4 is 5.78 Å². The number of fused-ring (bicyclic) bond motifs is 10. The Morgan fingerprint density at radius 2 is 1.41 bits per heavy atom. The second kappa shape index (κ2) is 0.549. The van der Waals surface area contributed by atoms with Gasteiger partial charge in [-0.2, -0.15) is 0 Å². The van der Waals surface area contributed by atoms with Crippen molar-refractivity contribution in [2.75, 3.05) is 6.61 Å². The van der Waals surface area contributed by atoms with Gasteiger partial charge in [0.1, 0.15) is 0 Å². The summed E-state index contributed by atoms with van der Waals surface area (Å²) in [6, 6.07) is 0. The Bertz CT molecular complexity index is 864. The zero-order valence-corrected chi connectivity index (χ0v) is 11.2. The molecule has 0 saturated carbocycles. The molecule has 0 aliphatic carbocycles. The van der Waals surface area contributed by atoms with Crippen LogP contribution in [0.1, 0.15) is 13.8 Å². The predicted molar refractivity (Wildman–Crippen MR) is 59.9 cm³/mol. The molecule has 10 aliphatic heterocycles. The fourth-order valence-corrected chi connectivity index (χ4v) is 91.7. The van der Waals surface area contributed by atoms with E-state index in [2.05, 4.69) is 0 Å². The molecular weight excluding hydrogens is 256 g/mol. The predicted octanol–water partition coefficient (Wildman–Crippen LogP) is 3.33. The third-order valence-electron chi connectivity index (χ3n) is 15.2. The molecular formula is C14H18FeO2. The summed E-state index contributed by atoms with van der Waals surface area (Å²) in [7, 11) is 0. The van der Waals surface area contributed by atoms with Gasteiger partial charge < -0.3 is 5.11 Å². The molecule has 1 spiro atoms. The Morgan fingerprint density at radius 3 is 1.47 bits per heavy atom. The maximum Gasteiger partial charge on any atom is 0.0402 e. The van der Waals surface area contributed by atoms with Gasteiger partial charge in [0.2, 0.25) is 0 Å². The summed E-state index contributed by atoms with van der Waals surface area (Å²) in [5.41, 5.74) is 0. The summed E-state index contributed by atoms with van der Waals surface area (Å²) in [6.45, 7) is 0.979. The minimum absolute atomic E-state index is 0.250. The van der Waals surface area contributed by atoms with E-state index in [1.54, 1.807) is 6.92 Å². The first-order chi connectivity index (χ1) is 7.90. The van der Waals surface area contributed by atoms with Crippen molar-refractivity contribution in [2.45, 2.75) is 61.5 Å². The van der Waals surface area contributed by atoms with Gasteiger partial charge in [-0.15, -0.1) is 0 Å². The van der Waals surface area contributed by atoms with Gasteiger partial charge in [-0.25, -0.2) is 0 Å². The summed E-state index contributed by atoms with van der Waals surface area (Å²) in [4.78, 5) is 23.9. The number of ketones is 1. The zero-order chi connectivity index (χ0) is 11.3. The van der Waals surface area contributed by atoms with Crippen LogP contribution in [0.4, 0.5) is 0 Å². The molecule has 4 unspecified atom stereocenters. The summed E-state index contributed by atoms with van der Waals surface area (Å²) in [5, 5.41) is 7.57. The molecule has 0 radical (unpaired) electrons. The van der Waals surface area contributed by atoms with Crippen LogP contribution in [-0.2, 0) is 11.3 Å². The average Bonchev–Trinajstić information content (AvgIpc) is 3.24. The number of Topliss-reactive ketones (excluding diaryl/α,β-unsaturated/α-hetero) is 1. The molecule has 0 aromatic heterocycles. The van der Waals surface area contributed by atoms with Gasteiger partial charge in [-0.3, -0.25) is 0 Å². The van der Waals surface area contributed by atoms with Gasteiger partial charge in [0.25, 0.3) is 0 Å². The number of rotatable bonds is 1. The quantitative estimate of drug-likeness (QED) is 0.745. The molecule has 94 valence electrons. The minimum Gasteiger partial charge on any atom is -0.397 e. The molecule has 17 heavy (non-hydrogen) atoms. The molecule has 0 aromatic rings. The maximum atomic E-state index is 12.2. The van der Waals surface area contributed by atoms with Gasteiger partial charge in [0.05, 0.1) is 0 Å². The van der Waals surface area contributed by atoms with Crippen molar-refractivity contribution in [1.29, 1.82) is 0 Å². The van der Waals surface area contributed by atoms with E-state index in [4.69, 9.17) is 5.11 Å². The standard InChI is InChI=1S/C7H7O.C5H5.C2H6O.Fe/c1-6(8)7-4-2-3-5-7;1-2-4-5-3-1;1-2-3;/h2-5H,1H3;1-5H;3H,2H2,1H3;. The van der Waals surface area contributed by atoms with E-state index in [1.165, 1.54) is 43.3 Å². The fourth-order valence-electron chi connectivity index (χ4n) is 17.2. The van der Waals surface area contributed by atoms with Crippen molar-refractivity contribution in [3.05, 3.63) is 0 Å². The van der Waals surface area contributed by atoms with Gasteiger partial charge >= 0.3 is 71.7 Å². The first-order valence-electron chi connectivity index (χ1n) is 7.24. The molecule has 2 nitrogen and oxygen atoms in total. The summed E-state index contributed by atoms with van der Waals surface area (Å²) >= 11 is 0.